The molecule has 0 spiro atoms. The maximum Gasteiger partial charge on any atom is 0.188 e. The van der Waals surface area contributed by atoms with Crippen molar-refractivity contribution in [2.75, 3.05) is 13.9 Å². The van der Waals surface area contributed by atoms with E-state index in [1.807, 2.05) is 0 Å². The van der Waals surface area contributed by atoms with Crippen molar-refractivity contribution in [3.63, 3.8) is 0 Å². The number of hydrogen-bond acceptors (Lipinski definition) is 2. The minimum absolute atomic E-state index is 0.0610. The van der Waals surface area contributed by atoms with Crippen LogP contribution in [0.4, 0.5) is 0 Å². The first-order chi connectivity index (χ1) is 14.7. The number of rotatable bonds is 5. The van der Waals surface area contributed by atoms with Crippen LogP contribution in [-0.2, 0) is 15.6 Å². The zero-order valence-corrected chi connectivity index (χ0v) is 21.3. The van der Waals surface area contributed by atoms with Crippen molar-refractivity contribution < 1.29 is 9.47 Å². The minimum Gasteiger partial charge on any atom is -0.467 e. The molecule has 3 heteroatoms. The maximum absolute atomic E-state index is 6.39. The Morgan fingerprint density at radius 1 is 1.03 bits per heavy atom. The van der Waals surface area contributed by atoms with Gasteiger partial charge in [0.05, 0.1) is 0 Å². The number of halogens is 1. The van der Waals surface area contributed by atoms with Crippen molar-refractivity contribution in [3.05, 3.63) is 52.0 Å². The van der Waals surface area contributed by atoms with Gasteiger partial charge in [0.1, 0.15) is 5.75 Å². The first kappa shape index (κ1) is 22.9. The fourth-order valence-corrected chi connectivity index (χ4v) is 6.51. The van der Waals surface area contributed by atoms with Gasteiger partial charge in [-0.15, -0.1) is 0 Å². The van der Waals surface area contributed by atoms with Gasteiger partial charge in [-0.2, -0.15) is 0 Å². The zero-order valence-electron chi connectivity index (χ0n) is 19.8. The molecular weight excluding hydrogens is 448 g/mol. The summed E-state index contributed by atoms with van der Waals surface area (Å²) < 4.78 is 12.9. The first-order valence-electron chi connectivity index (χ1n) is 11.8. The van der Waals surface area contributed by atoms with Crippen LogP contribution in [0, 0.1) is 11.8 Å². The normalized spacial score (nSPS) is 26.0. The topological polar surface area (TPSA) is 18.5 Å². The van der Waals surface area contributed by atoms with Gasteiger partial charge in [-0.3, -0.25) is 0 Å². The van der Waals surface area contributed by atoms with E-state index in [-0.39, 0.29) is 17.6 Å². The fourth-order valence-electron chi connectivity index (χ4n) is 6.01. The molecule has 0 amide bonds. The average molecular weight is 486 g/mol. The lowest BCUT2D eigenvalue weighted by Crippen LogP contribution is -2.37. The van der Waals surface area contributed by atoms with E-state index in [4.69, 9.17) is 9.47 Å². The van der Waals surface area contributed by atoms with Gasteiger partial charge >= 0.3 is 0 Å². The van der Waals surface area contributed by atoms with E-state index in [1.54, 1.807) is 7.11 Å². The molecule has 4 rings (SSSR count). The van der Waals surface area contributed by atoms with E-state index < -0.39 is 0 Å². The predicted molar refractivity (Wildman–Crippen MR) is 133 cm³/mol. The molecule has 0 radical (unpaired) electrons. The minimum atomic E-state index is 0.0610. The van der Waals surface area contributed by atoms with Crippen LogP contribution in [0.25, 0.3) is 11.1 Å². The Balaban J connectivity index is 1.94. The molecule has 0 aromatic heterocycles. The standard InChI is InChI=1S/C28H37BrO2/c1-27(2,3)21-14-23(22-11-6-7-12-25(22)29)26(31-18-30-5)24(15-21)28(4)16-19-9-8-10-20(13-19)17-28/h6-7,11-12,14-15,19-20H,8-10,13,16-18H2,1-5H3. The molecule has 0 aliphatic heterocycles. The Morgan fingerprint density at radius 3 is 2.32 bits per heavy atom. The molecule has 0 heterocycles. The summed E-state index contributed by atoms with van der Waals surface area (Å²) in [6, 6.07) is 13.3. The third-order valence-electron chi connectivity index (χ3n) is 7.46. The summed E-state index contributed by atoms with van der Waals surface area (Å²) in [7, 11) is 1.70. The number of hydrogen-bond donors (Lipinski definition) is 0. The van der Waals surface area contributed by atoms with Gasteiger partial charge in [0.2, 0.25) is 0 Å². The van der Waals surface area contributed by atoms with Crippen LogP contribution in [0.5, 0.6) is 5.75 Å². The van der Waals surface area contributed by atoms with Gasteiger partial charge in [0.15, 0.2) is 6.79 Å². The van der Waals surface area contributed by atoms with Crippen LogP contribution in [0.2, 0.25) is 0 Å². The number of benzene rings is 2. The summed E-state index contributed by atoms with van der Waals surface area (Å²) in [4.78, 5) is 0. The summed E-state index contributed by atoms with van der Waals surface area (Å²) in [5.74, 6) is 2.69. The number of methoxy groups -OCH3 is 1. The summed E-state index contributed by atoms with van der Waals surface area (Å²) in [5.41, 5.74) is 5.29. The molecule has 2 aliphatic carbocycles. The van der Waals surface area contributed by atoms with Crippen LogP contribution in [0.15, 0.2) is 40.9 Å². The highest BCUT2D eigenvalue weighted by molar-refractivity contribution is 9.10. The highest BCUT2D eigenvalue weighted by Crippen LogP contribution is 2.54. The van der Waals surface area contributed by atoms with Crippen LogP contribution in [0.3, 0.4) is 0 Å². The third-order valence-corrected chi connectivity index (χ3v) is 8.15. The summed E-state index contributed by atoms with van der Waals surface area (Å²) in [6.45, 7) is 9.68. The lowest BCUT2D eigenvalue weighted by Gasteiger charge is -2.46. The van der Waals surface area contributed by atoms with Gasteiger partial charge < -0.3 is 9.47 Å². The summed E-state index contributed by atoms with van der Waals surface area (Å²) in [5, 5.41) is 0. The fraction of sp³-hybridized carbons (Fsp3) is 0.571. The monoisotopic (exact) mass is 484 g/mol. The molecule has 2 nitrogen and oxygen atoms in total. The quantitative estimate of drug-likeness (QED) is 0.397. The van der Waals surface area contributed by atoms with Gasteiger partial charge in [-0.1, -0.05) is 87.2 Å². The Labute approximate surface area is 196 Å². The Kier molecular flexibility index (Phi) is 6.57. The Hall–Kier alpha value is -1.32. The molecule has 2 bridgehead atoms. The smallest absolute Gasteiger partial charge is 0.188 e. The van der Waals surface area contributed by atoms with Gasteiger partial charge in [-0.25, -0.2) is 0 Å². The molecule has 0 N–H and O–H groups in total. The number of ether oxygens (including phenoxy) is 2. The molecule has 2 atom stereocenters. The summed E-state index contributed by atoms with van der Waals surface area (Å²) in [6.07, 6.45) is 8.11. The second-order valence-corrected chi connectivity index (χ2v) is 11.9. The average Bonchev–Trinajstić information content (AvgIpc) is 2.71. The van der Waals surface area contributed by atoms with E-state index in [0.29, 0.717) is 0 Å². The van der Waals surface area contributed by atoms with Crippen LogP contribution in [-0.4, -0.2) is 13.9 Å². The predicted octanol–water partition coefficient (Wildman–Crippen LogP) is 8.25. The van der Waals surface area contributed by atoms with E-state index in [1.165, 1.54) is 60.8 Å². The van der Waals surface area contributed by atoms with Crippen molar-refractivity contribution >= 4 is 15.9 Å². The molecule has 2 unspecified atom stereocenters. The van der Waals surface area contributed by atoms with Crippen LogP contribution in [0.1, 0.15) is 77.3 Å². The zero-order chi connectivity index (χ0) is 22.2. The van der Waals surface area contributed by atoms with Crippen molar-refractivity contribution in [3.8, 4) is 16.9 Å². The van der Waals surface area contributed by atoms with Crippen LogP contribution >= 0.6 is 15.9 Å². The van der Waals surface area contributed by atoms with E-state index >= 15 is 0 Å². The summed E-state index contributed by atoms with van der Waals surface area (Å²) >= 11 is 3.80. The molecule has 2 fully saturated rings. The molecule has 31 heavy (non-hydrogen) atoms. The highest BCUT2D eigenvalue weighted by atomic mass is 79.9. The van der Waals surface area contributed by atoms with Crippen molar-refractivity contribution in [1.29, 1.82) is 0 Å². The SMILES string of the molecule is COCOc1c(-c2ccccc2Br)cc(C(C)(C)C)cc1C1(C)CC2CCCC(C2)C1. The number of fused-ring (bicyclic) bond motifs is 2. The third kappa shape index (κ3) is 4.73. The lowest BCUT2D eigenvalue weighted by molar-refractivity contribution is 0.0478. The maximum atomic E-state index is 6.39. The molecule has 2 aromatic carbocycles. The van der Waals surface area contributed by atoms with Crippen LogP contribution < -0.4 is 4.74 Å². The van der Waals surface area contributed by atoms with E-state index in [9.17, 15) is 0 Å². The van der Waals surface area contributed by atoms with Gasteiger partial charge in [0.25, 0.3) is 0 Å². The van der Waals surface area contributed by atoms with Gasteiger partial charge in [0, 0.05) is 22.7 Å². The lowest BCUT2D eigenvalue weighted by atomic mass is 9.58. The van der Waals surface area contributed by atoms with Gasteiger partial charge in [-0.05, 0) is 65.2 Å². The van der Waals surface area contributed by atoms with Crippen molar-refractivity contribution in [2.24, 2.45) is 11.8 Å². The molecular formula is C28H37BrO2. The molecule has 2 saturated carbocycles. The molecule has 2 aromatic rings. The van der Waals surface area contributed by atoms with E-state index in [0.717, 1.165) is 22.1 Å². The van der Waals surface area contributed by atoms with Crippen molar-refractivity contribution in [2.45, 2.75) is 77.0 Å². The first-order valence-corrected chi connectivity index (χ1v) is 12.6. The highest BCUT2D eigenvalue weighted by Gasteiger charge is 2.42. The largest absolute Gasteiger partial charge is 0.467 e. The Morgan fingerprint density at radius 2 is 1.71 bits per heavy atom. The molecule has 2 aliphatic rings. The van der Waals surface area contributed by atoms with Crippen molar-refractivity contribution in [1.82, 2.24) is 0 Å². The molecule has 168 valence electrons. The molecule has 0 saturated heterocycles. The second-order valence-electron chi connectivity index (χ2n) is 11.0. The van der Waals surface area contributed by atoms with E-state index in [2.05, 4.69) is 80.0 Å². The second kappa shape index (κ2) is 8.90. The Bertz CT molecular complexity index is 915.